The maximum absolute atomic E-state index is 12.6. The summed E-state index contributed by atoms with van der Waals surface area (Å²) >= 11 is 3.63. The van der Waals surface area contributed by atoms with E-state index in [9.17, 15) is 23.7 Å². The Kier molecular flexibility index (Phi) is 18.9. The third-order valence-electron chi connectivity index (χ3n) is 31.6. The molecule has 0 bridgehead atoms. The van der Waals surface area contributed by atoms with Gasteiger partial charge < -0.3 is 36.5 Å². The number of benzene rings is 20. The molecule has 708 valence electrons. The van der Waals surface area contributed by atoms with Gasteiger partial charge in [-0.05, 0) is 148 Å². The van der Waals surface area contributed by atoms with Crippen molar-refractivity contribution in [2.45, 2.75) is 78.6 Å². The normalized spacial score (nSPS) is 12.4. The maximum Gasteiger partial charge on any atom is 0.237 e. The number of aromatic nitrogens is 8. The van der Waals surface area contributed by atoms with Crippen LogP contribution in [0.2, 0.25) is 0 Å². The molecular weight excluding hydrogens is 1870 g/mol. The number of para-hydroxylation sites is 12. The summed E-state index contributed by atoms with van der Waals surface area (Å²) in [5.74, 6) is 0. The fraction of sp³-hybridized carbons (Fsp3) is 0.0882. The van der Waals surface area contributed by atoms with E-state index in [0.717, 1.165) is 201 Å². The van der Waals surface area contributed by atoms with Crippen LogP contribution in [-0.2, 0) is 16.2 Å². The highest BCUT2D eigenvalue weighted by Gasteiger charge is 2.40. The molecule has 0 amide bonds. The highest BCUT2D eigenvalue weighted by Crippen LogP contribution is 2.59. The van der Waals surface area contributed by atoms with Gasteiger partial charge in [-0.25, -0.2) is 9.69 Å². The Bertz CT molecular complexity index is 10800. The summed E-state index contributed by atoms with van der Waals surface area (Å²) in [7, 11) is 0. The first-order chi connectivity index (χ1) is 73.3. The van der Waals surface area contributed by atoms with Gasteiger partial charge in [-0.15, -0.1) is 22.7 Å². The first-order valence-electron chi connectivity index (χ1n) is 51.1. The van der Waals surface area contributed by atoms with Crippen LogP contribution in [0.5, 0.6) is 0 Å². The second-order valence-corrected chi connectivity index (χ2v) is 44.9. The Morgan fingerprint density at radius 3 is 0.760 bits per heavy atom. The SMILES string of the molecule is [C-]#[N+]c1c(-n2c3ccccc3c3ccccc32)c(C#N)c(-n2c3ccccc3c3ccccc32)c(-n2c3ccc(C(C)(C)C)cc3c3cc(C(C)(C)C)c4c5ccccc5sc4c32)c1-n1c2ccccc2c2ccccc21.[C-]#[N+]c1c(-n2c3ccccc3c3ccccc32)c(C#N)c(-n2c3ccccc3c3ccccc32)c(-n2c3ccc(C(C)(C)C)cc3c3ccc4c5ccccc5sc4c32)c1-n1c2ccccc2c2ccccc21. The lowest BCUT2D eigenvalue weighted by atomic mass is 9.82. The quantitative estimate of drug-likeness (QED) is 0.142. The molecule has 0 N–H and O–H groups in total. The lowest BCUT2D eigenvalue weighted by Crippen LogP contribution is -2.15. The minimum atomic E-state index is -0.218. The van der Waals surface area contributed by atoms with Crippen LogP contribution in [-0.4, -0.2) is 36.5 Å². The van der Waals surface area contributed by atoms with Crippen molar-refractivity contribution in [3.63, 3.8) is 0 Å². The average Bonchev–Trinajstić information content (AvgIpc) is 1.52. The zero-order valence-electron chi connectivity index (χ0n) is 83.7. The Morgan fingerprint density at radius 1 is 0.213 bits per heavy atom. The summed E-state index contributed by atoms with van der Waals surface area (Å²) in [4.78, 5) is 9.60. The molecule has 10 heterocycles. The second-order valence-electron chi connectivity index (χ2n) is 42.8. The smallest absolute Gasteiger partial charge is 0.237 e. The summed E-state index contributed by atoms with van der Waals surface area (Å²) in [6, 6.07) is 146. The lowest BCUT2D eigenvalue weighted by molar-refractivity contribution is 0.591. The number of fused-ring (bicyclic) bond motifs is 32. The molecule has 0 atom stereocenters. The number of thiophene rings is 2. The van der Waals surface area contributed by atoms with Crippen LogP contribution in [0.3, 0.4) is 0 Å². The van der Waals surface area contributed by atoms with E-state index >= 15 is 0 Å². The summed E-state index contributed by atoms with van der Waals surface area (Å²) < 4.78 is 23.4. The largest absolute Gasteiger partial charge is 0.318 e. The predicted octanol–water partition coefficient (Wildman–Crippen LogP) is 37.6. The van der Waals surface area contributed by atoms with E-state index in [2.05, 4.69) is 505 Å². The van der Waals surface area contributed by atoms with Crippen molar-refractivity contribution in [3.8, 4) is 57.6 Å². The molecule has 30 rings (SSSR count). The summed E-state index contributed by atoms with van der Waals surface area (Å²) in [5.41, 5.74) is 25.5. The lowest BCUT2D eigenvalue weighted by Gasteiger charge is -2.28. The Balaban J connectivity index is 0.000000141. The van der Waals surface area contributed by atoms with Crippen LogP contribution in [0, 0.1) is 35.8 Å². The van der Waals surface area contributed by atoms with Crippen LogP contribution in [0.15, 0.2) is 394 Å². The van der Waals surface area contributed by atoms with Crippen LogP contribution < -0.4 is 0 Å². The van der Waals surface area contributed by atoms with Crippen LogP contribution in [0.4, 0.5) is 11.4 Å². The highest BCUT2D eigenvalue weighted by molar-refractivity contribution is 7.27. The third-order valence-corrected chi connectivity index (χ3v) is 34.0. The van der Waals surface area contributed by atoms with E-state index in [4.69, 9.17) is 9.69 Å². The molecule has 20 aromatic carbocycles. The highest BCUT2D eigenvalue weighted by atomic mass is 32.1. The van der Waals surface area contributed by atoms with Gasteiger partial charge in [-0.1, -0.05) is 341 Å². The Labute approximate surface area is 870 Å². The van der Waals surface area contributed by atoms with Crippen molar-refractivity contribution in [2.24, 2.45) is 0 Å². The molecule has 0 aliphatic carbocycles. The van der Waals surface area contributed by atoms with Gasteiger partial charge >= 0.3 is 0 Å². The topological polar surface area (TPSA) is 95.7 Å². The summed E-state index contributed by atoms with van der Waals surface area (Å²) in [6.45, 7) is 40.3. The van der Waals surface area contributed by atoms with Gasteiger partial charge in [0.05, 0.1) is 167 Å². The number of nitrogens with zero attached hydrogens (tertiary/aromatic N) is 12. The van der Waals surface area contributed by atoms with Crippen molar-refractivity contribution in [3.05, 3.63) is 445 Å². The fourth-order valence-electron chi connectivity index (χ4n) is 25.1. The van der Waals surface area contributed by atoms with Crippen molar-refractivity contribution in [1.29, 1.82) is 10.5 Å². The summed E-state index contributed by atoms with van der Waals surface area (Å²) in [5, 5.41) is 47.2. The third kappa shape index (κ3) is 12.3. The zero-order valence-corrected chi connectivity index (χ0v) is 85.3. The number of nitriles is 2. The van der Waals surface area contributed by atoms with E-state index in [1.165, 1.54) is 42.2 Å². The molecule has 0 saturated carbocycles. The monoisotopic (exact) mass is 1960 g/mol. The Hall–Kier alpha value is -18.8. The molecule has 0 aliphatic rings. The first kappa shape index (κ1) is 87.8. The second kappa shape index (κ2) is 32.3. The minimum absolute atomic E-state index is 0.137. The van der Waals surface area contributed by atoms with Gasteiger partial charge in [0.15, 0.2) is 0 Å². The molecule has 0 unspecified atom stereocenters. The fourth-order valence-corrected chi connectivity index (χ4v) is 27.7. The zero-order chi connectivity index (χ0) is 101. The van der Waals surface area contributed by atoms with E-state index < -0.39 is 0 Å². The van der Waals surface area contributed by atoms with E-state index in [0.29, 0.717) is 56.6 Å². The molecule has 0 fully saturated rings. The maximum atomic E-state index is 12.6. The molecule has 0 saturated heterocycles. The molecule has 0 aliphatic heterocycles. The van der Waals surface area contributed by atoms with Gasteiger partial charge in [-0.2, -0.15) is 10.5 Å². The Morgan fingerprint density at radius 2 is 0.460 bits per heavy atom. The minimum Gasteiger partial charge on any atom is -0.318 e. The van der Waals surface area contributed by atoms with E-state index in [1.54, 1.807) is 11.3 Å². The average molecular weight is 1960 g/mol. The van der Waals surface area contributed by atoms with Crippen molar-refractivity contribution >= 4 is 249 Å². The van der Waals surface area contributed by atoms with E-state index in [1.807, 2.05) is 11.3 Å². The van der Waals surface area contributed by atoms with E-state index in [-0.39, 0.29) is 16.2 Å². The van der Waals surface area contributed by atoms with Gasteiger partial charge in [0.25, 0.3) is 0 Å². The first-order valence-corrected chi connectivity index (χ1v) is 52.7. The van der Waals surface area contributed by atoms with Gasteiger partial charge in [0.2, 0.25) is 11.4 Å². The number of hydrogen-bond acceptors (Lipinski definition) is 4. The van der Waals surface area contributed by atoms with Gasteiger partial charge in [-0.3, -0.25) is 0 Å². The summed E-state index contributed by atoms with van der Waals surface area (Å²) in [6.07, 6.45) is 0. The predicted molar refractivity (Wildman–Crippen MR) is 631 cm³/mol. The van der Waals surface area contributed by atoms with Crippen molar-refractivity contribution in [2.75, 3.05) is 0 Å². The van der Waals surface area contributed by atoms with Crippen LogP contribution in [0.25, 0.3) is 270 Å². The van der Waals surface area contributed by atoms with Crippen molar-refractivity contribution in [1.82, 2.24) is 36.5 Å². The molecule has 150 heavy (non-hydrogen) atoms. The van der Waals surface area contributed by atoms with Crippen LogP contribution >= 0.6 is 22.7 Å². The molecule has 10 aromatic heterocycles. The molecule has 0 spiro atoms. The molecule has 14 heteroatoms. The van der Waals surface area contributed by atoms with Crippen LogP contribution in [0.1, 0.15) is 90.1 Å². The van der Waals surface area contributed by atoms with Gasteiger partial charge in [0, 0.05) is 117 Å². The number of hydrogen-bond donors (Lipinski definition) is 0. The molecular formula is C136H92N12S2. The molecule has 12 nitrogen and oxygen atoms in total. The molecule has 0 radical (unpaired) electrons. The standard InChI is InChI=1S/C70H50N6S.C66H42N6S/c1-69(2,3)41-36-37-59-49(38-41)50-39-52(70(4,5)6)61-48-28-14-21-35-60(48)77-68(61)65(50)76(59)67-64(74-55-31-17-10-24-44(55)45-25-11-18-32-56(45)74)51(40-71)63(73-53-29-15-8-22-42(53)43-23-9-16-30-54(43)73)62(72-7)66(67)75-57-33-19-12-26-46(57)47-27-13-20-34-58(47)75;1-66(2,3)39-33-36-57-49(37-39)47-34-35-48-46-25-11-18-32-58(46)73-65(48)62(47)72(57)64-61(70-53-28-14-7-21-42(53)43-22-8-15-29-54(43)70)50(38-67)60(69-51-26-12-5-19-40(51)41-20-6-13-27-52(41)69)59(68-4)63(64)71-55-30-16-9-23-44(55)45-24-10-17-31-56(45)71/h8-39H,1-6H3;5-37H,1-3H3. The van der Waals surface area contributed by atoms with Crippen molar-refractivity contribution < 1.29 is 0 Å². The number of rotatable bonds is 8. The van der Waals surface area contributed by atoms with Gasteiger partial charge in [0.1, 0.15) is 12.1 Å². The molecule has 30 aromatic rings.